The molecule has 0 aliphatic carbocycles. The topological polar surface area (TPSA) is 249 Å². The van der Waals surface area contributed by atoms with Gasteiger partial charge in [0.15, 0.2) is 23.0 Å². The number of hydroxylamine groups is 2. The molecule has 3 fully saturated rings. The van der Waals surface area contributed by atoms with Gasteiger partial charge >= 0.3 is 115 Å². The largest absolute Gasteiger partial charge is 0.493 e. The first kappa shape index (κ1) is 66.3. The second-order valence-electron chi connectivity index (χ2n) is 21.6. The van der Waals surface area contributed by atoms with Gasteiger partial charge in [-0.05, 0) is 59.7 Å². The zero-order valence-corrected chi connectivity index (χ0v) is 53.6. The number of amides is 5. The Morgan fingerprint density at radius 1 is 0.678 bits per heavy atom. The standard InChI is InChI=1S/C61H78IN8O16S/c1-9-40-23-44-32-63-49-29-53(51(77-7)27-47(49)58(74)68(44)34-40)84-36-42-25-46(26-43(65-42)37-85-54-30-50-48(28-52(54)78-8)59(75)69-35-41(10-2)24-45(69)33-64-50)83-16-12-66(5)39-61(3,4)87-38-56(72)67(6)13-15-80-18-20-82-22-21-81-19-17-79-14-11-57(73)86-70-55(71)31-62-60(70)76/h9-10,25-30,32-33,44-45H,11-24,31,34-39H2,1-8H3/q-1/b40-9+,41-10+/t44-,45-/m0/s1. The molecule has 3 aromatic rings. The molecule has 0 radical (unpaired) electrons. The number of ether oxygens (including phenoxy) is 9. The quantitative estimate of drug-likeness (QED) is 0.0212. The van der Waals surface area contributed by atoms with Gasteiger partial charge in [-0.25, -0.2) is 0 Å². The van der Waals surface area contributed by atoms with Gasteiger partial charge in [-0.15, -0.1) is 11.8 Å². The summed E-state index contributed by atoms with van der Waals surface area (Å²) in [5.74, 6) is 0.925. The summed E-state index contributed by atoms with van der Waals surface area (Å²) in [7, 11) is 6.83. The van der Waals surface area contributed by atoms with Crippen molar-refractivity contribution in [2.45, 2.75) is 77.0 Å². The van der Waals surface area contributed by atoms with Crippen molar-refractivity contribution >= 4 is 69.1 Å². The van der Waals surface area contributed by atoms with E-state index in [1.165, 1.54) is 25.4 Å². The second kappa shape index (κ2) is 32.0. The fraction of sp³-hybridized carbons (Fsp3) is 0.525. The number of carbonyl (C=O) groups excluding carboxylic acids is 6. The molecule has 5 amide bonds. The molecule has 0 N–H and O–H groups in total. The fourth-order valence-corrected chi connectivity index (χ4v) is 12.6. The maximum atomic E-state index is 13.8. The molecule has 2 atom stereocenters. The third-order valence-corrected chi connectivity index (χ3v) is 18.1. The number of benzene rings is 2. The van der Waals surface area contributed by atoms with Crippen LogP contribution in [-0.2, 0) is 51.4 Å². The van der Waals surface area contributed by atoms with Crippen LogP contribution in [-0.4, -0.2) is 223 Å². The van der Waals surface area contributed by atoms with Gasteiger partial charge in [0.05, 0.1) is 85.8 Å². The number of aliphatic imine (C=N–C) groups is 2. The number of alkyl halides is 1. The predicted octanol–water partition coefficient (Wildman–Crippen LogP) is 3.26. The van der Waals surface area contributed by atoms with E-state index in [0.717, 1.165) is 12.8 Å². The van der Waals surface area contributed by atoms with E-state index in [1.54, 1.807) is 48.0 Å². The molecule has 3 saturated heterocycles. The fourth-order valence-electron chi connectivity index (χ4n) is 9.94. The van der Waals surface area contributed by atoms with Crippen molar-refractivity contribution in [1.82, 2.24) is 29.6 Å². The Balaban J connectivity index is 0.788. The number of pyridine rings is 1. The number of allylic oxidation sites excluding steroid dienone is 2. The van der Waals surface area contributed by atoms with Crippen molar-refractivity contribution in [3.05, 3.63) is 82.2 Å². The van der Waals surface area contributed by atoms with E-state index in [2.05, 4.69) is 30.9 Å². The van der Waals surface area contributed by atoms with Crippen LogP contribution in [0.25, 0.3) is 0 Å². The third-order valence-electron chi connectivity index (χ3n) is 14.7. The molecular formula is C61H78IN8O16S-. The molecule has 87 heavy (non-hydrogen) atoms. The van der Waals surface area contributed by atoms with Crippen LogP contribution in [0.3, 0.4) is 0 Å². The van der Waals surface area contributed by atoms with Crippen molar-refractivity contribution in [3.63, 3.8) is 0 Å². The summed E-state index contributed by atoms with van der Waals surface area (Å²) in [6.07, 6.45) is 9.13. The molecule has 2 aromatic carbocycles. The van der Waals surface area contributed by atoms with Crippen LogP contribution in [0.1, 0.15) is 79.1 Å². The number of thioether (sulfide) groups is 1. The van der Waals surface area contributed by atoms with E-state index < -0.39 is 37.0 Å². The minimum atomic E-state index is -0.939. The summed E-state index contributed by atoms with van der Waals surface area (Å²) in [5, 5.41) is 0.560. The van der Waals surface area contributed by atoms with Crippen LogP contribution in [0, 0.1) is 0 Å². The average Bonchev–Trinajstić information content (AvgIpc) is 3.25. The molecule has 6 heterocycles. The Hall–Kier alpha value is -6.69. The number of hydrogen-bond acceptors (Lipinski definition) is 21. The Kier molecular flexibility index (Phi) is 24.4. The first-order valence-electron chi connectivity index (χ1n) is 28.8. The minimum absolute atomic E-state index is 0.00515. The van der Waals surface area contributed by atoms with Gasteiger partial charge in [0.25, 0.3) is 11.8 Å². The SMILES string of the molecule is C/C=C1\C[C@H]2C=Nc3cc(OCc4cc(OCCN(C)CC(C)(C)SCC(=O)N(C)CCOCCOCCOCCOCCC(=O)ON5C(=O)C[I-]C5=O)cc(COc5cc6c(cc5OC)C(=O)N5C/C(=C/C)C[C@H]5C=N6)n4)c(OC)cc3C(=O)N2C1. The number of likely N-dealkylation sites (N-methyl/N-ethyl adjacent to an activating group) is 2. The maximum absolute atomic E-state index is 13.8. The molecule has 8 rings (SSSR count). The molecule has 0 spiro atoms. The van der Waals surface area contributed by atoms with E-state index in [-0.39, 0.29) is 71.8 Å². The van der Waals surface area contributed by atoms with Crippen molar-refractivity contribution in [3.8, 4) is 28.7 Å². The summed E-state index contributed by atoms with van der Waals surface area (Å²) in [6, 6.07) is 10.2. The van der Waals surface area contributed by atoms with Gasteiger partial charge in [-0.3, -0.25) is 29.4 Å². The van der Waals surface area contributed by atoms with E-state index >= 15 is 0 Å². The molecule has 0 bridgehead atoms. The number of fused-ring (bicyclic) bond motifs is 4. The van der Waals surface area contributed by atoms with Crippen LogP contribution in [0.4, 0.5) is 16.2 Å². The summed E-state index contributed by atoms with van der Waals surface area (Å²) < 4.78 is 52.3. The molecule has 0 unspecified atom stereocenters. The molecule has 0 saturated carbocycles. The number of imide groups is 1. The van der Waals surface area contributed by atoms with Gasteiger partial charge < -0.3 is 52.8 Å². The average molecular weight is 1340 g/mol. The summed E-state index contributed by atoms with van der Waals surface area (Å²) >= 11 is 0.641. The van der Waals surface area contributed by atoms with Crippen LogP contribution in [0.2, 0.25) is 0 Å². The molecule has 5 aliphatic rings. The first-order chi connectivity index (χ1) is 42.0. The van der Waals surface area contributed by atoms with Crippen LogP contribution in [0.15, 0.2) is 69.7 Å². The zero-order chi connectivity index (χ0) is 62.0. The summed E-state index contributed by atoms with van der Waals surface area (Å²) in [4.78, 5) is 102. The molecular weight excluding hydrogens is 1260 g/mol. The molecule has 1 aromatic heterocycles. The number of carbonyl (C=O) groups is 6. The van der Waals surface area contributed by atoms with Gasteiger partial charge in [0.2, 0.25) is 5.91 Å². The third kappa shape index (κ3) is 18.4. The Labute approximate surface area is 522 Å². The zero-order valence-electron chi connectivity index (χ0n) is 50.7. The normalized spacial score (nSPS) is 18.1. The van der Waals surface area contributed by atoms with Crippen molar-refractivity contribution in [2.75, 3.05) is 131 Å². The van der Waals surface area contributed by atoms with Gasteiger partial charge in [-0.2, -0.15) is 0 Å². The maximum Gasteiger partial charge on any atom is 0.257 e. The van der Waals surface area contributed by atoms with Crippen molar-refractivity contribution < 1.29 is 97.4 Å². The number of rotatable bonds is 33. The first-order valence-corrected chi connectivity index (χ1v) is 32.4. The monoisotopic (exact) mass is 1340 g/mol. The van der Waals surface area contributed by atoms with Crippen LogP contribution >= 0.6 is 11.8 Å². The van der Waals surface area contributed by atoms with Crippen LogP contribution < -0.4 is 44.9 Å². The number of methoxy groups -OCH3 is 2. The molecule has 5 aliphatic heterocycles. The summed E-state index contributed by atoms with van der Waals surface area (Å²) in [5.41, 5.74) is 5.28. The van der Waals surface area contributed by atoms with Crippen LogP contribution in [0.5, 0.6) is 28.7 Å². The summed E-state index contributed by atoms with van der Waals surface area (Å²) in [6.45, 7) is 13.7. The number of hydrogen-bond donors (Lipinski definition) is 0. The molecule has 24 nitrogen and oxygen atoms in total. The van der Waals surface area contributed by atoms with E-state index in [4.69, 9.17) is 62.4 Å². The number of halogens is 1. The van der Waals surface area contributed by atoms with E-state index in [0.29, 0.717) is 152 Å². The smallest absolute Gasteiger partial charge is 0.257 e. The molecule has 26 heteroatoms. The minimum Gasteiger partial charge on any atom is -0.493 e. The van der Waals surface area contributed by atoms with Gasteiger partial charge in [0, 0.05) is 81.2 Å². The number of aromatic nitrogens is 1. The van der Waals surface area contributed by atoms with Gasteiger partial charge in [-0.1, -0.05) is 23.3 Å². The molecule has 472 valence electrons. The predicted molar refractivity (Wildman–Crippen MR) is 320 cm³/mol. The van der Waals surface area contributed by atoms with Crippen molar-refractivity contribution in [1.29, 1.82) is 0 Å². The van der Waals surface area contributed by atoms with Gasteiger partial charge in [0.1, 0.15) is 25.6 Å². The Morgan fingerprint density at radius 2 is 1.20 bits per heavy atom. The van der Waals surface area contributed by atoms with E-state index in [9.17, 15) is 28.8 Å². The number of nitrogens with zero attached hydrogens (tertiary/aromatic N) is 8. The van der Waals surface area contributed by atoms with E-state index in [1.807, 2.05) is 55.3 Å². The Bertz CT molecular complexity index is 2950. The van der Waals surface area contributed by atoms with Crippen molar-refractivity contribution in [2.24, 2.45) is 9.98 Å². The Morgan fingerprint density at radius 3 is 1.69 bits per heavy atom. The second-order valence-corrected chi connectivity index (χ2v) is 25.7.